The first kappa shape index (κ1) is 16.9. The summed E-state index contributed by atoms with van der Waals surface area (Å²) in [5.74, 6) is 1.55. The molecule has 1 aliphatic carbocycles. The Morgan fingerprint density at radius 1 is 1.11 bits per heavy atom. The van der Waals surface area contributed by atoms with Gasteiger partial charge in [0.25, 0.3) is 5.56 Å². The van der Waals surface area contributed by atoms with Crippen molar-refractivity contribution in [2.24, 2.45) is 11.8 Å². The van der Waals surface area contributed by atoms with Crippen LogP contribution in [0.4, 0.5) is 4.39 Å². The number of halogens is 1. The fourth-order valence-corrected chi connectivity index (χ4v) is 5.49. The third kappa shape index (κ3) is 2.85. The average Bonchev–Trinajstić information content (AvgIpc) is 3.22. The Morgan fingerprint density at radius 2 is 1.93 bits per heavy atom. The first-order chi connectivity index (χ1) is 13.1. The van der Waals surface area contributed by atoms with Crippen molar-refractivity contribution >= 4 is 21.6 Å². The number of hydrogen-bond donors (Lipinski definition) is 1. The predicted molar refractivity (Wildman–Crippen MR) is 104 cm³/mol. The molecule has 1 saturated heterocycles. The largest absolute Gasteiger partial charge is 0.328 e. The van der Waals surface area contributed by atoms with Gasteiger partial charge < -0.3 is 9.88 Å². The molecule has 1 N–H and O–H groups in total. The first-order valence-electron chi connectivity index (χ1n) is 9.28. The number of benzene rings is 1. The highest BCUT2D eigenvalue weighted by Gasteiger charge is 2.47. The van der Waals surface area contributed by atoms with E-state index in [9.17, 15) is 14.0 Å². The number of thiophene rings is 1. The minimum absolute atomic E-state index is 0.193. The van der Waals surface area contributed by atoms with Gasteiger partial charge in [0.15, 0.2) is 0 Å². The molecular formula is C20H20FN3O2S. The second-order valence-corrected chi connectivity index (χ2v) is 8.54. The molecule has 1 saturated carbocycles. The van der Waals surface area contributed by atoms with Crippen molar-refractivity contribution in [3.63, 3.8) is 0 Å². The van der Waals surface area contributed by atoms with Crippen LogP contribution in [-0.2, 0) is 6.54 Å². The van der Waals surface area contributed by atoms with Crippen LogP contribution in [0.5, 0.6) is 0 Å². The van der Waals surface area contributed by atoms with Gasteiger partial charge in [-0.2, -0.15) is 0 Å². The second-order valence-electron chi connectivity index (χ2n) is 7.63. The number of nitrogens with one attached hydrogen (secondary N) is 1. The van der Waals surface area contributed by atoms with Crippen molar-refractivity contribution in [1.82, 2.24) is 14.5 Å². The summed E-state index contributed by atoms with van der Waals surface area (Å²) in [5.41, 5.74) is 1.30. The molecule has 2 aromatic heterocycles. The van der Waals surface area contributed by atoms with E-state index in [0.29, 0.717) is 41.1 Å². The lowest BCUT2D eigenvalue weighted by molar-refractivity contribution is 0.191. The van der Waals surface area contributed by atoms with Gasteiger partial charge in [-0.3, -0.25) is 9.36 Å². The van der Waals surface area contributed by atoms with E-state index >= 15 is 0 Å². The summed E-state index contributed by atoms with van der Waals surface area (Å²) in [6.45, 7) is 3.09. The van der Waals surface area contributed by atoms with E-state index in [1.54, 1.807) is 6.07 Å². The summed E-state index contributed by atoms with van der Waals surface area (Å²) in [5, 5.41) is 1.82. The molecule has 1 aromatic carbocycles. The van der Waals surface area contributed by atoms with Crippen LogP contribution in [0.3, 0.4) is 0 Å². The van der Waals surface area contributed by atoms with Crippen molar-refractivity contribution in [3.8, 4) is 0 Å². The van der Waals surface area contributed by atoms with Gasteiger partial charge in [0.2, 0.25) is 0 Å². The lowest BCUT2D eigenvalue weighted by Gasteiger charge is -2.40. The molecule has 0 radical (unpaired) electrons. The summed E-state index contributed by atoms with van der Waals surface area (Å²) in [4.78, 5) is 29.9. The van der Waals surface area contributed by atoms with Crippen molar-refractivity contribution in [2.45, 2.75) is 18.9 Å². The van der Waals surface area contributed by atoms with Gasteiger partial charge >= 0.3 is 5.69 Å². The molecule has 3 unspecified atom stereocenters. The third-order valence-electron chi connectivity index (χ3n) is 6.17. The number of aromatic amines is 1. The van der Waals surface area contributed by atoms with Crippen LogP contribution in [-0.4, -0.2) is 34.1 Å². The fraction of sp³-hybridized carbons (Fsp3) is 0.400. The fourth-order valence-electron chi connectivity index (χ4n) is 4.69. The molecular weight excluding hydrogens is 365 g/mol. The van der Waals surface area contributed by atoms with Gasteiger partial charge in [0, 0.05) is 26.2 Å². The van der Waals surface area contributed by atoms with Crippen molar-refractivity contribution in [1.29, 1.82) is 0 Å². The molecule has 5 nitrogen and oxygen atoms in total. The zero-order valence-corrected chi connectivity index (χ0v) is 15.5. The molecule has 3 heterocycles. The van der Waals surface area contributed by atoms with Crippen LogP contribution < -0.4 is 11.2 Å². The Labute approximate surface area is 159 Å². The highest BCUT2D eigenvalue weighted by molar-refractivity contribution is 7.17. The van der Waals surface area contributed by atoms with Gasteiger partial charge in [0.05, 0.1) is 5.52 Å². The molecule has 5 rings (SSSR count). The third-order valence-corrected chi connectivity index (χ3v) is 7.07. The minimum atomic E-state index is -0.336. The van der Waals surface area contributed by atoms with E-state index < -0.39 is 0 Å². The van der Waals surface area contributed by atoms with E-state index in [0.717, 1.165) is 19.5 Å². The first-order valence-corrected chi connectivity index (χ1v) is 10.2. The Hall–Kier alpha value is -2.25. The molecule has 140 valence electrons. The summed E-state index contributed by atoms with van der Waals surface area (Å²) in [6.07, 6.45) is 1.13. The standard InChI is InChI=1S/C20H20FN3O2S/c21-14-3-1-12(2-4-14)15-9-13-10-23(11-16(13)15)6-7-24-19(25)18-17(5-8-27-18)22-20(24)26/h1-5,8,13,15-16H,6-7,9-11H2,(H,22,26). The highest BCUT2D eigenvalue weighted by Crippen LogP contribution is 2.51. The van der Waals surface area contributed by atoms with Gasteiger partial charge in [-0.1, -0.05) is 12.1 Å². The normalized spacial score (nSPS) is 24.9. The van der Waals surface area contributed by atoms with Crippen LogP contribution in [0.1, 0.15) is 17.9 Å². The smallest absolute Gasteiger partial charge is 0.306 e. The zero-order valence-electron chi connectivity index (χ0n) is 14.7. The van der Waals surface area contributed by atoms with Crippen molar-refractivity contribution in [2.75, 3.05) is 19.6 Å². The monoisotopic (exact) mass is 385 g/mol. The van der Waals surface area contributed by atoms with E-state index in [4.69, 9.17) is 0 Å². The minimum Gasteiger partial charge on any atom is -0.306 e. The van der Waals surface area contributed by atoms with Gasteiger partial charge in [0.1, 0.15) is 10.5 Å². The maximum atomic E-state index is 13.1. The number of likely N-dealkylation sites (tertiary alicyclic amines) is 1. The Kier molecular flexibility index (Phi) is 4.02. The number of hydrogen-bond acceptors (Lipinski definition) is 4. The maximum Gasteiger partial charge on any atom is 0.328 e. The van der Waals surface area contributed by atoms with E-state index in [2.05, 4.69) is 9.88 Å². The number of nitrogens with zero attached hydrogens (tertiary/aromatic N) is 2. The van der Waals surface area contributed by atoms with Crippen LogP contribution >= 0.6 is 11.3 Å². The molecule has 3 aromatic rings. The molecule has 3 atom stereocenters. The number of rotatable bonds is 4. The molecule has 0 spiro atoms. The Bertz CT molecular complexity index is 1100. The Balaban J connectivity index is 1.27. The average molecular weight is 385 g/mol. The summed E-state index contributed by atoms with van der Waals surface area (Å²) in [7, 11) is 0. The van der Waals surface area contributed by atoms with Gasteiger partial charge in [-0.05, 0) is 53.3 Å². The quantitative estimate of drug-likeness (QED) is 0.751. The van der Waals surface area contributed by atoms with E-state index in [1.165, 1.54) is 33.6 Å². The lowest BCUT2D eigenvalue weighted by Crippen LogP contribution is -2.38. The van der Waals surface area contributed by atoms with Crippen LogP contribution in [0, 0.1) is 17.7 Å². The predicted octanol–water partition coefficient (Wildman–Crippen LogP) is 2.63. The van der Waals surface area contributed by atoms with E-state index in [-0.39, 0.29) is 17.1 Å². The molecule has 1 aliphatic heterocycles. The Morgan fingerprint density at radius 3 is 2.74 bits per heavy atom. The van der Waals surface area contributed by atoms with E-state index in [1.807, 2.05) is 17.5 Å². The molecule has 27 heavy (non-hydrogen) atoms. The highest BCUT2D eigenvalue weighted by atomic mass is 32.1. The summed E-state index contributed by atoms with van der Waals surface area (Å²) < 4.78 is 15.1. The number of fused-ring (bicyclic) bond motifs is 2. The molecule has 0 amide bonds. The maximum absolute atomic E-state index is 13.1. The summed E-state index contributed by atoms with van der Waals surface area (Å²) in [6, 6.07) is 8.63. The zero-order chi connectivity index (χ0) is 18.5. The van der Waals surface area contributed by atoms with Crippen molar-refractivity contribution < 1.29 is 4.39 Å². The molecule has 2 aliphatic rings. The van der Waals surface area contributed by atoms with Gasteiger partial charge in [-0.25, -0.2) is 9.18 Å². The lowest BCUT2D eigenvalue weighted by atomic mass is 9.64. The van der Waals surface area contributed by atoms with Crippen LogP contribution in [0.15, 0.2) is 45.3 Å². The molecule has 2 fully saturated rings. The topological polar surface area (TPSA) is 58.1 Å². The van der Waals surface area contributed by atoms with Crippen molar-refractivity contribution in [3.05, 3.63) is 67.9 Å². The van der Waals surface area contributed by atoms with Crippen LogP contribution in [0.25, 0.3) is 10.2 Å². The van der Waals surface area contributed by atoms with Crippen LogP contribution in [0.2, 0.25) is 0 Å². The molecule has 0 bridgehead atoms. The summed E-state index contributed by atoms with van der Waals surface area (Å²) >= 11 is 1.36. The number of H-pyrrole nitrogens is 1. The molecule has 7 heteroatoms. The van der Waals surface area contributed by atoms with Gasteiger partial charge in [-0.15, -0.1) is 11.3 Å². The number of aromatic nitrogens is 2. The second kappa shape index (κ2) is 6.42. The SMILES string of the molecule is O=c1[nH]c2ccsc2c(=O)n1CCN1CC2CC(c3ccc(F)cc3)C2C1.